The van der Waals surface area contributed by atoms with Crippen LogP contribution in [-0.2, 0) is 9.09 Å². The molecule has 0 aliphatic rings. The molecule has 0 aliphatic carbocycles. The minimum absolute atomic E-state index is 0.552. The fourth-order valence-electron chi connectivity index (χ4n) is 0.930. The van der Waals surface area contributed by atoms with Crippen molar-refractivity contribution in [2.24, 2.45) is 0 Å². The highest BCUT2D eigenvalue weighted by molar-refractivity contribution is 7.42. The Labute approximate surface area is 94.6 Å². The zero-order valence-electron chi connectivity index (χ0n) is 10.4. The number of allylic oxidation sites excluding steroid dienone is 1. The third-order valence-electron chi connectivity index (χ3n) is 1.93. The van der Waals surface area contributed by atoms with Crippen molar-refractivity contribution in [3.05, 3.63) is 11.9 Å². The van der Waals surface area contributed by atoms with Gasteiger partial charge in [0.15, 0.2) is 12.4 Å². The van der Waals surface area contributed by atoms with Crippen molar-refractivity contribution in [3.8, 4) is 0 Å². The Morgan fingerprint density at radius 3 is 2.53 bits per heavy atom. The van der Waals surface area contributed by atoms with E-state index >= 15 is 0 Å². The molecule has 0 saturated carbocycles. The SMILES string of the molecule is CCCCC=C[P+](=O)OCC[N+](C)(C)C. The maximum absolute atomic E-state index is 11.3. The van der Waals surface area contributed by atoms with Gasteiger partial charge >= 0.3 is 8.03 Å². The summed E-state index contributed by atoms with van der Waals surface area (Å²) in [6.07, 6.45) is 5.27. The van der Waals surface area contributed by atoms with Crippen LogP contribution in [0.15, 0.2) is 11.9 Å². The molecule has 0 saturated heterocycles. The van der Waals surface area contributed by atoms with Crippen LogP contribution in [0.2, 0.25) is 0 Å². The Morgan fingerprint density at radius 1 is 1.33 bits per heavy atom. The van der Waals surface area contributed by atoms with Crippen LogP contribution in [0.1, 0.15) is 26.2 Å². The van der Waals surface area contributed by atoms with Gasteiger partial charge < -0.3 is 4.48 Å². The van der Waals surface area contributed by atoms with E-state index < -0.39 is 8.03 Å². The van der Waals surface area contributed by atoms with Gasteiger partial charge in [0.05, 0.1) is 21.1 Å². The highest BCUT2D eigenvalue weighted by Gasteiger charge is 2.15. The Balaban J connectivity index is 3.53. The number of hydrogen-bond donors (Lipinski definition) is 0. The molecule has 0 radical (unpaired) electrons. The fourth-order valence-corrected chi connectivity index (χ4v) is 1.60. The molecule has 0 amide bonds. The molecule has 0 aromatic carbocycles. The topological polar surface area (TPSA) is 26.3 Å². The van der Waals surface area contributed by atoms with E-state index in [-0.39, 0.29) is 0 Å². The zero-order chi connectivity index (χ0) is 11.7. The normalized spacial score (nSPS) is 13.5. The lowest BCUT2D eigenvalue weighted by molar-refractivity contribution is -0.870. The highest BCUT2D eigenvalue weighted by atomic mass is 31.1. The van der Waals surface area contributed by atoms with Crippen LogP contribution in [0.4, 0.5) is 0 Å². The lowest BCUT2D eigenvalue weighted by atomic mass is 10.2. The van der Waals surface area contributed by atoms with Crippen LogP contribution in [0.5, 0.6) is 0 Å². The van der Waals surface area contributed by atoms with Gasteiger partial charge in [-0.2, -0.15) is 0 Å². The van der Waals surface area contributed by atoms with Gasteiger partial charge in [0.2, 0.25) is 0 Å². The lowest BCUT2D eigenvalue weighted by Crippen LogP contribution is -2.37. The largest absolute Gasteiger partial charge is 0.540 e. The van der Waals surface area contributed by atoms with E-state index in [9.17, 15) is 4.57 Å². The fraction of sp³-hybridized carbons (Fsp3) is 0.818. The van der Waals surface area contributed by atoms with Gasteiger partial charge in [-0.3, -0.25) is 0 Å². The monoisotopic (exact) mass is 233 g/mol. The molecule has 0 fully saturated rings. The smallest absolute Gasteiger partial charge is 0.329 e. The van der Waals surface area contributed by atoms with Gasteiger partial charge in [0.1, 0.15) is 6.54 Å². The molecule has 0 N–H and O–H groups in total. The number of rotatable bonds is 8. The average Bonchev–Trinajstić information content (AvgIpc) is 2.10. The number of nitrogens with zero attached hydrogens (tertiary/aromatic N) is 1. The van der Waals surface area contributed by atoms with Crippen molar-refractivity contribution in [1.29, 1.82) is 0 Å². The van der Waals surface area contributed by atoms with Crippen LogP contribution in [0, 0.1) is 0 Å². The van der Waals surface area contributed by atoms with Crippen LogP contribution in [0.3, 0.4) is 0 Å². The molecule has 0 aliphatic heterocycles. The van der Waals surface area contributed by atoms with Crippen LogP contribution in [0.25, 0.3) is 0 Å². The Hall–Kier alpha value is -0.240. The minimum Gasteiger partial charge on any atom is -0.329 e. The molecule has 88 valence electrons. The molecule has 1 atom stereocenters. The van der Waals surface area contributed by atoms with Crippen LogP contribution < -0.4 is 0 Å². The summed E-state index contributed by atoms with van der Waals surface area (Å²) in [5.74, 6) is 1.68. The van der Waals surface area contributed by atoms with Gasteiger partial charge in [0.25, 0.3) is 0 Å². The summed E-state index contributed by atoms with van der Waals surface area (Å²) in [5.41, 5.74) is 0. The second-order valence-electron chi connectivity index (χ2n) is 4.66. The van der Waals surface area contributed by atoms with E-state index in [0.29, 0.717) is 6.61 Å². The summed E-state index contributed by atoms with van der Waals surface area (Å²) >= 11 is 0. The van der Waals surface area contributed by atoms with Crippen molar-refractivity contribution in [1.82, 2.24) is 0 Å². The molecule has 0 aromatic heterocycles. The molecule has 0 aromatic rings. The lowest BCUT2D eigenvalue weighted by Gasteiger charge is -2.21. The van der Waals surface area contributed by atoms with Gasteiger partial charge in [-0.15, -0.1) is 4.52 Å². The van der Waals surface area contributed by atoms with E-state index in [1.807, 2.05) is 6.08 Å². The average molecular weight is 233 g/mol. The van der Waals surface area contributed by atoms with E-state index in [1.54, 1.807) is 5.82 Å². The Kier molecular flexibility index (Phi) is 7.85. The molecule has 0 rings (SSSR count). The van der Waals surface area contributed by atoms with Gasteiger partial charge in [-0.25, -0.2) is 0 Å². The summed E-state index contributed by atoms with van der Waals surface area (Å²) in [7, 11) is 4.68. The summed E-state index contributed by atoms with van der Waals surface area (Å²) < 4.78 is 17.4. The van der Waals surface area contributed by atoms with E-state index in [4.69, 9.17) is 4.52 Å². The molecule has 0 heterocycles. The highest BCUT2D eigenvalue weighted by Crippen LogP contribution is 2.23. The first-order valence-corrected chi connectivity index (χ1v) is 6.77. The van der Waals surface area contributed by atoms with Crippen molar-refractivity contribution < 1.29 is 13.6 Å². The predicted molar refractivity (Wildman–Crippen MR) is 65.1 cm³/mol. The Morgan fingerprint density at radius 2 is 2.00 bits per heavy atom. The molecule has 1 unspecified atom stereocenters. The number of likely N-dealkylation sites (N-methyl/N-ethyl adjacent to an activating group) is 1. The molecule has 0 bridgehead atoms. The van der Waals surface area contributed by atoms with E-state index in [0.717, 1.165) is 23.9 Å². The number of hydrogen-bond acceptors (Lipinski definition) is 2. The first kappa shape index (κ1) is 14.8. The Bertz CT molecular complexity index is 209. The van der Waals surface area contributed by atoms with Crippen molar-refractivity contribution in [3.63, 3.8) is 0 Å². The molecular formula is C11H24NO2P+2. The molecule has 0 spiro atoms. The molecule has 15 heavy (non-hydrogen) atoms. The summed E-state index contributed by atoms with van der Waals surface area (Å²) in [5, 5.41) is 0. The van der Waals surface area contributed by atoms with Crippen molar-refractivity contribution in [2.45, 2.75) is 26.2 Å². The summed E-state index contributed by atoms with van der Waals surface area (Å²) in [4.78, 5) is 0. The van der Waals surface area contributed by atoms with Gasteiger partial charge in [0, 0.05) is 0 Å². The third kappa shape index (κ3) is 11.7. The quantitative estimate of drug-likeness (QED) is 0.366. The maximum Gasteiger partial charge on any atom is 0.540 e. The van der Waals surface area contributed by atoms with Crippen LogP contribution in [-0.4, -0.2) is 38.8 Å². The van der Waals surface area contributed by atoms with Crippen molar-refractivity contribution >= 4 is 8.03 Å². The molecule has 4 heteroatoms. The maximum atomic E-state index is 11.3. The molecular weight excluding hydrogens is 209 g/mol. The van der Waals surface area contributed by atoms with Gasteiger partial charge in [-0.05, 0) is 23.5 Å². The van der Waals surface area contributed by atoms with E-state index in [2.05, 4.69) is 28.1 Å². The second kappa shape index (κ2) is 7.98. The summed E-state index contributed by atoms with van der Waals surface area (Å²) in [6.45, 7) is 3.58. The predicted octanol–water partition coefficient (Wildman–Crippen LogP) is 3.16. The van der Waals surface area contributed by atoms with Gasteiger partial charge in [-0.1, -0.05) is 13.3 Å². The molecule has 3 nitrogen and oxygen atoms in total. The van der Waals surface area contributed by atoms with Crippen LogP contribution >= 0.6 is 8.03 Å². The minimum atomic E-state index is -1.59. The van der Waals surface area contributed by atoms with E-state index in [1.165, 1.54) is 6.42 Å². The summed E-state index contributed by atoms with van der Waals surface area (Å²) in [6, 6.07) is 0. The standard InChI is InChI=1S/C11H24NO2P/c1-5-6-7-8-11-15(13)14-10-9-12(2,3)4/h8,11H,5-7,9-10H2,1-4H3/q+2. The third-order valence-corrected chi connectivity index (χ3v) is 2.82. The van der Waals surface area contributed by atoms with Crippen molar-refractivity contribution in [2.75, 3.05) is 34.3 Å². The first-order chi connectivity index (χ1) is 6.95. The zero-order valence-corrected chi connectivity index (χ0v) is 11.3. The number of quaternary nitrogens is 1. The second-order valence-corrected chi connectivity index (χ2v) is 5.79. The number of unbranched alkanes of at least 4 members (excludes halogenated alkanes) is 2. The first-order valence-electron chi connectivity index (χ1n) is 5.52.